The summed E-state index contributed by atoms with van der Waals surface area (Å²) in [6.45, 7) is 3.91. The lowest BCUT2D eigenvalue weighted by Crippen LogP contribution is -2.29. The van der Waals surface area contributed by atoms with E-state index in [4.69, 9.17) is 4.74 Å². The minimum Gasteiger partial charge on any atom is -0.462 e. The fourth-order valence-electron chi connectivity index (χ4n) is 2.82. The highest BCUT2D eigenvalue weighted by Gasteiger charge is 2.19. The molecule has 0 bridgehead atoms. The molecule has 7 nitrogen and oxygen atoms in total. The summed E-state index contributed by atoms with van der Waals surface area (Å²) < 4.78 is 7.07. The first-order valence-corrected chi connectivity index (χ1v) is 8.76. The Morgan fingerprint density at radius 3 is 2.59 bits per heavy atom. The van der Waals surface area contributed by atoms with Gasteiger partial charge in [0.1, 0.15) is 18.1 Å². The molecule has 1 aromatic carbocycles. The van der Waals surface area contributed by atoms with Crippen molar-refractivity contribution in [3.8, 4) is 0 Å². The van der Waals surface area contributed by atoms with Gasteiger partial charge in [-0.1, -0.05) is 18.2 Å². The summed E-state index contributed by atoms with van der Waals surface area (Å²) in [5.74, 6) is 0.0655. The van der Waals surface area contributed by atoms with Crippen molar-refractivity contribution in [2.75, 3.05) is 7.05 Å². The third-order valence-electron chi connectivity index (χ3n) is 4.00. The van der Waals surface area contributed by atoms with E-state index in [1.807, 2.05) is 38.1 Å². The molecule has 0 radical (unpaired) electrons. The van der Waals surface area contributed by atoms with E-state index in [2.05, 4.69) is 9.97 Å². The van der Waals surface area contributed by atoms with Crippen molar-refractivity contribution >= 4 is 22.9 Å². The smallest absolute Gasteiger partial charge is 0.326 e. The molecule has 2 heterocycles. The fraction of sp³-hybridized carbons (Fsp3) is 0.300. The van der Waals surface area contributed by atoms with E-state index >= 15 is 0 Å². The molecule has 2 aromatic heterocycles. The summed E-state index contributed by atoms with van der Waals surface area (Å²) >= 11 is 0. The Hall–Kier alpha value is -3.22. The Balaban J connectivity index is 1.88. The summed E-state index contributed by atoms with van der Waals surface area (Å²) in [6.07, 6.45) is 1.39. The van der Waals surface area contributed by atoms with Gasteiger partial charge in [0.15, 0.2) is 0 Å². The molecule has 0 aliphatic carbocycles. The summed E-state index contributed by atoms with van der Waals surface area (Å²) in [7, 11) is 1.69. The third-order valence-corrected chi connectivity index (χ3v) is 4.00. The first kappa shape index (κ1) is 18.6. The van der Waals surface area contributed by atoms with E-state index in [0.717, 1.165) is 11.0 Å². The predicted octanol–water partition coefficient (Wildman–Crippen LogP) is 2.66. The third kappa shape index (κ3) is 4.31. The van der Waals surface area contributed by atoms with Crippen LogP contribution in [0.4, 0.5) is 0 Å². The summed E-state index contributed by atoms with van der Waals surface area (Å²) in [5, 5.41) is 0. The lowest BCUT2D eigenvalue weighted by atomic mass is 10.3. The molecule has 0 N–H and O–H groups in total. The highest BCUT2D eigenvalue weighted by Crippen LogP contribution is 2.18. The number of carbonyl (C=O) groups excluding carboxylic acids is 2. The number of carbonyl (C=O) groups is 2. The largest absolute Gasteiger partial charge is 0.462 e. The van der Waals surface area contributed by atoms with Crippen molar-refractivity contribution < 1.29 is 14.3 Å². The van der Waals surface area contributed by atoms with Crippen LogP contribution in [0.3, 0.4) is 0 Å². The number of hydrogen-bond donors (Lipinski definition) is 0. The SMILES string of the molecule is CC(C)OC(=O)Cn1c(CN(C)C(=O)c2ccccn2)nc2ccccc21. The summed E-state index contributed by atoms with van der Waals surface area (Å²) in [4.78, 5) is 35.0. The standard InChI is InChI=1S/C20H22N4O3/c1-14(2)27-19(25)13-24-17-10-5-4-8-15(17)22-18(24)12-23(3)20(26)16-9-6-7-11-21-16/h4-11,14H,12-13H2,1-3H3. The monoisotopic (exact) mass is 366 g/mol. The molecule has 7 heteroatoms. The van der Waals surface area contributed by atoms with Crippen LogP contribution in [0.2, 0.25) is 0 Å². The predicted molar refractivity (Wildman–Crippen MR) is 101 cm³/mol. The molecule has 3 rings (SSSR count). The Morgan fingerprint density at radius 1 is 1.15 bits per heavy atom. The van der Waals surface area contributed by atoms with Gasteiger partial charge in [-0.05, 0) is 38.1 Å². The average Bonchev–Trinajstić information content (AvgIpc) is 2.98. The number of rotatable bonds is 6. The van der Waals surface area contributed by atoms with Crippen LogP contribution in [0.25, 0.3) is 11.0 Å². The van der Waals surface area contributed by atoms with Crippen molar-refractivity contribution in [3.05, 3.63) is 60.2 Å². The van der Waals surface area contributed by atoms with Gasteiger partial charge in [-0.2, -0.15) is 0 Å². The minimum absolute atomic E-state index is 0.0413. The number of nitrogens with zero attached hydrogens (tertiary/aromatic N) is 4. The van der Waals surface area contributed by atoms with Crippen LogP contribution in [-0.2, 0) is 22.6 Å². The molecule has 0 saturated heterocycles. The molecule has 0 saturated carbocycles. The van der Waals surface area contributed by atoms with Crippen LogP contribution in [0.1, 0.15) is 30.2 Å². The van der Waals surface area contributed by atoms with Gasteiger partial charge in [0.2, 0.25) is 0 Å². The van der Waals surface area contributed by atoms with Gasteiger partial charge in [-0.15, -0.1) is 0 Å². The van der Waals surface area contributed by atoms with Gasteiger partial charge < -0.3 is 14.2 Å². The van der Waals surface area contributed by atoms with Gasteiger partial charge in [0.05, 0.1) is 23.7 Å². The lowest BCUT2D eigenvalue weighted by Gasteiger charge is -2.17. The van der Waals surface area contributed by atoms with E-state index < -0.39 is 0 Å². The second-order valence-corrected chi connectivity index (χ2v) is 6.52. The highest BCUT2D eigenvalue weighted by molar-refractivity contribution is 5.92. The molecule has 0 aliphatic rings. The maximum absolute atomic E-state index is 12.6. The highest BCUT2D eigenvalue weighted by atomic mass is 16.5. The van der Waals surface area contributed by atoms with E-state index in [1.165, 1.54) is 4.90 Å². The van der Waals surface area contributed by atoms with Gasteiger partial charge in [0.25, 0.3) is 5.91 Å². The van der Waals surface area contributed by atoms with Crippen LogP contribution < -0.4 is 0 Å². The molecular formula is C20H22N4O3. The quantitative estimate of drug-likeness (QED) is 0.627. The van der Waals surface area contributed by atoms with E-state index in [0.29, 0.717) is 11.5 Å². The Labute approximate surface area is 157 Å². The van der Waals surface area contributed by atoms with Crippen molar-refractivity contribution in [3.63, 3.8) is 0 Å². The Bertz CT molecular complexity index is 950. The second-order valence-electron chi connectivity index (χ2n) is 6.52. The van der Waals surface area contributed by atoms with Gasteiger partial charge >= 0.3 is 5.97 Å². The molecule has 27 heavy (non-hydrogen) atoms. The van der Waals surface area contributed by atoms with E-state index in [-0.39, 0.29) is 31.1 Å². The van der Waals surface area contributed by atoms with E-state index in [9.17, 15) is 9.59 Å². The zero-order valence-corrected chi connectivity index (χ0v) is 15.6. The molecule has 140 valence electrons. The topological polar surface area (TPSA) is 77.3 Å². The zero-order chi connectivity index (χ0) is 19.4. The van der Waals surface area contributed by atoms with Crippen LogP contribution in [0.15, 0.2) is 48.7 Å². The molecule has 0 spiro atoms. The minimum atomic E-state index is -0.340. The summed E-state index contributed by atoms with van der Waals surface area (Å²) in [6, 6.07) is 12.8. The van der Waals surface area contributed by atoms with Gasteiger partial charge in [-0.25, -0.2) is 4.98 Å². The van der Waals surface area contributed by atoms with Crippen molar-refractivity contribution in [1.82, 2.24) is 19.4 Å². The zero-order valence-electron chi connectivity index (χ0n) is 15.6. The maximum atomic E-state index is 12.6. The van der Waals surface area contributed by atoms with Crippen LogP contribution in [-0.4, -0.2) is 44.5 Å². The van der Waals surface area contributed by atoms with Crippen molar-refractivity contribution in [1.29, 1.82) is 0 Å². The fourth-order valence-corrected chi connectivity index (χ4v) is 2.82. The second kappa shape index (κ2) is 7.99. The Kier molecular flexibility index (Phi) is 5.49. The number of fused-ring (bicyclic) bond motifs is 1. The Morgan fingerprint density at radius 2 is 1.89 bits per heavy atom. The number of amides is 1. The van der Waals surface area contributed by atoms with Crippen LogP contribution >= 0.6 is 0 Å². The lowest BCUT2D eigenvalue weighted by molar-refractivity contribution is -0.148. The van der Waals surface area contributed by atoms with Crippen molar-refractivity contribution in [2.24, 2.45) is 0 Å². The molecule has 0 fully saturated rings. The number of imidazole rings is 1. The molecule has 3 aromatic rings. The first-order chi connectivity index (χ1) is 13.0. The number of esters is 1. The van der Waals surface area contributed by atoms with Gasteiger partial charge in [-0.3, -0.25) is 14.6 Å². The van der Waals surface area contributed by atoms with Crippen LogP contribution in [0.5, 0.6) is 0 Å². The van der Waals surface area contributed by atoms with Crippen LogP contribution in [0, 0.1) is 0 Å². The normalized spacial score (nSPS) is 11.0. The molecule has 1 amide bonds. The number of pyridine rings is 1. The molecule has 0 unspecified atom stereocenters. The number of aromatic nitrogens is 3. The maximum Gasteiger partial charge on any atom is 0.326 e. The number of hydrogen-bond acceptors (Lipinski definition) is 5. The molecule has 0 aliphatic heterocycles. The number of ether oxygens (including phenoxy) is 1. The molecule has 0 atom stereocenters. The van der Waals surface area contributed by atoms with Crippen molar-refractivity contribution in [2.45, 2.75) is 33.0 Å². The number of para-hydroxylation sites is 2. The number of benzene rings is 1. The first-order valence-electron chi connectivity index (χ1n) is 8.76. The molecular weight excluding hydrogens is 344 g/mol. The summed E-state index contributed by atoms with van der Waals surface area (Å²) in [5.41, 5.74) is 1.96. The van der Waals surface area contributed by atoms with Gasteiger partial charge in [0, 0.05) is 13.2 Å². The van der Waals surface area contributed by atoms with E-state index in [1.54, 1.807) is 36.0 Å². The average molecular weight is 366 g/mol.